The summed E-state index contributed by atoms with van der Waals surface area (Å²) in [6, 6.07) is 1.73. The van der Waals surface area contributed by atoms with E-state index in [2.05, 4.69) is 15.9 Å². The summed E-state index contributed by atoms with van der Waals surface area (Å²) in [5.74, 6) is 0.0620. The van der Waals surface area contributed by atoms with Gasteiger partial charge >= 0.3 is 0 Å². The molecule has 0 aromatic heterocycles. The fraction of sp³-hybridized carbons (Fsp3) is 0.417. The average Bonchev–Trinajstić information content (AvgIpc) is 2.60. The Hall–Kier alpha value is -0.910. The zero-order chi connectivity index (χ0) is 12.8. The first-order valence-electron chi connectivity index (χ1n) is 5.22. The molecule has 0 unspecified atom stereocenters. The Morgan fingerprint density at radius 1 is 1.35 bits per heavy atom. The van der Waals surface area contributed by atoms with E-state index >= 15 is 0 Å². The molecule has 2 N–H and O–H groups in total. The quantitative estimate of drug-likeness (QED) is 0.865. The summed E-state index contributed by atoms with van der Waals surface area (Å²) < 4.78 is 6.30. The van der Waals surface area contributed by atoms with Gasteiger partial charge in [0.15, 0.2) is 0 Å². The number of halogens is 1. The maximum atomic E-state index is 12.2. The van der Waals surface area contributed by atoms with Crippen molar-refractivity contribution in [2.45, 2.75) is 19.4 Å². The van der Waals surface area contributed by atoms with Crippen molar-refractivity contribution in [3.05, 3.63) is 27.2 Å². The molecule has 0 atom stereocenters. The normalized spacial score (nSPS) is 16.9. The maximum absolute atomic E-state index is 12.2. The summed E-state index contributed by atoms with van der Waals surface area (Å²) in [7, 11) is 0. The summed E-state index contributed by atoms with van der Waals surface area (Å²) in [5.41, 5.74) is 0.625. The molecule has 0 fully saturated rings. The summed E-state index contributed by atoms with van der Waals surface area (Å²) in [6.07, 6.45) is 0. The molecule has 0 aliphatic carbocycles. The third-order valence-electron chi connectivity index (χ3n) is 3.10. The zero-order valence-corrected chi connectivity index (χ0v) is 11.2. The number of aryl methyl sites for hydroxylation is 1. The number of aliphatic hydroxyl groups excluding tert-OH is 2. The lowest BCUT2D eigenvalue weighted by Crippen LogP contribution is -2.47. The first-order valence-corrected chi connectivity index (χ1v) is 6.01. The minimum atomic E-state index is -1.53. The topological polar surface area (TPSA) is 66.8 Å². The van der Waals surface area contributed by atoms with Gasteiger partial charge in [0.1, 0.15) is 5.75 Å². The van der Waals surface area contributed by atoms with Gasteiger partial charge in [0.2, 0.25) is 11.4 Å². The number of hydrogen-bond acceptors (Lipinski definition) is 4. The third kappa shape index (κ3) is 1.61. The maximum Gasteiger partial charge on any atom is 0.217 e. The Kier molecular flexibility index (Phi) is 3.01. The molecule has 1 aromatic rings. The van der Waals surface area contributed by atoms with Crippen LogP contribution < -0.4 is 4.74 Å². The minimum Gasteiger partial charge on any atom is -0.473 e. The Balaban J connectivity index is 2.64. The van der Waals surface area contributed by atoms with Crippen molar-refractivity contribution in [3.63, 3.8) is 0 Å². The Morgan fingerprint density at radius 2 is 1.94 bits per heavy atom. The second-order valence-electron chi connectivity index (χ2n) is 4.25. The highest BCUT2D eigenvalue weighted by Crippen LogP contribution is 2.40. The highest BCUT2D eigenvalue weighted by atomic mass is 79.9. The van der Waals surface area contributed by atoms with E-state index in [1.807, 2.05) is 13.8 Å². The number of carbonyl (C=O) groups excluding carboxylic acids is 1. The van der Waals surface area contributed by atoms with E-state index in [0.717, 1.165) is 15.6 Å². The number of fused-ring (bicyclic) bond motifs is 1. The predicted molar refractivity (Wildman–Crippen MR) is 65.5 cm³/mol. The summed E-state index contributed by atoms with van der Waals surface area (Å²) in [4.78, 5) is 12.2. The van der Waals surface area contributed by atoms with E-state index in [-0.39, 0.29) is 5.78 Å². The predicted octanol–water partition coefficient (Wildman–Crippen LogP) is 1.36. The molecule has 17 heavy (non-hydrogen) atoms. The van der Waals surface area contributed by atoms with E-state index in [9.17, 15) is 15.0 Å². The molecular formula is C12H13BrO4. The van der Waals surface area contributed by atoms with Crippen LogP contribution in [0.25, 0.3) is 0 Å². The lowest BCUT2D eigenvalue weighted by Gasteiger charge is -2.21. The molecule has 92 valence electrons. The van der Waals surface area contributed by atoms with Crippen LogP contribution in [0.15, 0.2) is 10.5 Å². The van der Waals surface area contributed by atoms with Crippen LogP contribution >= 0.6 is 15.9 Å². The molecule has 0 radical (unpaired) electrons. The van der Waals surface area contributed by atoms with Crippen LogP contribution in [0.2, 0.25) is 0 Å². The molecule has 1 aromatic carbocycles. The molecule has 5 heteroatoms. The van der Waals surface area contributed by atoms with Crippen LogP contribution in [-0.2, 0) is 0 Å². The molecule has 1 aliphatic rings. The number of Topliss-reactive ketones (excluding diaryl/α,β-unsaturated/α-hetero) is 1. The zero-order valence-electron chi connectivity index (χ0n) is 9.58. The number of hydrogen-bond donors (Lipinski definition) is 2. The van der Waals surface area contributed by atoms with E-state index in [1.54, 1.807) is 6.07 Å². The Labute approximate surface area is 107 Å². The van der Waals surface area contributed by atoms with Gasteiger partial charge in [-0.05, 0) is 31.0 Å². The molecule has 1 aliphatic heterocycles. The number of ketones is 1. The SMILES string of the molecule is Cc1cc2c(c(C)c1Br)C(=O)C(CO)(CO)O2. The van der Waals surface area contributed by atoms with Crippen LogP contribution in [0.4, 0.5) is 0 Å². The molecule has 1 heterocycles. The lowest BCUT2D eigenvalue weighted by molar-refractivity contribution is -0.00590. The second kappa shape index (κ2) is 4.08. The van der Waals surface area contributed by atoms with Gasteiger partial charge in [0.05, 0.1) is 18.8 Å². The monoisotopic (exact) mass is 300 g/mol. The van der Waals surface area contributed by atoms with E-state index in [1.165, 1.54) is 0 Å². The van der Waals surface area contributed by atoms with Crippen molar-refractivity contribution in [1.29, 1.82) is 0 Å². The van der Waals surface area contributed by atoms with Gasteiger partial charge < -0.3 is 14.9 Å². The van der Waals surface area contributed by atoms with Crippen molar-refractivity contribution in [2.24, 2.45) is 0 Å². The highest BCUT2D eigenvalue weighted by Gasteiger charge is 2.48. The molecule has 2 rings (SSSR count). The van der Waals surface area contributed by atoms with Crippen LogP contribution in [-0.4, -0.2) is 34.8 Å². The number of ether oxygens (including phenoxy) is 1. The van der Waals surface area contributed by atoms with Crippen molar-refractivity contribution in [3.8, 4) is 5.75 Å². The fourth-order valence-corrected chi connectivity index (χ4v) is 2.34. The Bertz CT molecular complexity index is 492. The average molecular weight is 301 g/mol. The molecule has 0 amide bonds. The summed E-state index contributed by atoms with van der Waals surface area (Å²) in [5, 5.41) is 18.5. The van der Waals surface area contributed by atoms with Gasteiger partial charge in [-0.2, -0.15) is 0 Å². The third-order valence-corrected chi connectivity index (χ3v) is 4.32. The first-order chi connectivity index (χ1) is 7.96. The largest absolute Gasteiger partial charge is 0.473 e. The van der Waals surface area contributed by atoms with Gasteiger partial charge in [-0.1, -0.05) is 15.9 Å². The van der Waals surface area contributed by atoms with Gasteiger partial charge in [0, 0.05) is 4.47 Å². The smallest absolute Gasteiger partial charge is 0.217 e. The molecule has 0 bridgehead atoms. The van der Waals surface area contributed by atoms with Gasteiger partial charge in [-0.25, -0.2) is 0 Å². The molecule has 0 spiro atoms. The summed E-state index contributed by atoms with van der Waals surface area (Å²) in [6.45, 7) is 2.63. The van der Waals surface area contributed by atoms with E-state index in [4.69, 9.17) is 4.74 Å². The van der Waals surface area contributed by atoms with E-state index in [0.29, 0.717) is 11.3 Å². The number of aliphatic hydroxyl groups is 2. The van der Waals surface area contributed by atoms with Gasteiger partial charge in [-0.15, -0.1) is 0 Å². The standard InChI is InChI=1S/C12H13BrO4/c1-6-3-8-9(7(2)10(6)13)11(16)12(4-14,5-15)17-8/h3,14-15H,4-5H2,1-2H3. The van der Waals surface area contributed by atoms with Crippen molar-refractivity contribution < 1.29 is 19.7 Å². The van der Waals surface area contributed by atoms with Gasteiger partial charge in [0.25, 0.3) is 0 Å². The molecule has 4 nitrogen and oxygen atoms in total. The fourth-order valence-electron chi connectivity index (χ4n) is 2.03. The van der Waals surface area contributed by atoms with Crippen molar-refractivity contribution in [2.75, 3.05) is 13.2 Å². The number of benzene rings is 1. The molecular weight excluding hydrogens is 288 g/mol. The van der Waals surface area contributed by atoms with Crippen LogP contribution in [0, 0.1) is 13.8 Å². The molecule has 0 saturated heterocycles. The van der Waals surface area contributed by atoms with E-state index < -0.39 is 18.8 Å². The molecule has 0 saturated carbocycles. The van der Waals surface area contributed by atoms with Crippen LogP contribution in [0.3, 0.4) is 0 Å². The van der Waals surface area contributed by atoms with Crippen LogP contribution in [0.1, 0.15) is 21.5 Å². The van der Waals surface area contributed by atoms with Gasteiger partial charge in [-0.3, -0.25) is 4.79 Å². The van der Waals surface area contributed by atoms with Crippen molar-refractivity contribution in [1.82, 2.24) is 0 Å². The van der Waals surface area contributed by atoms with Crippen LogP contribution in [0.5, 0.6) is 5.75 Å². The Morgan fingerprint density at radius 3 is 2.47 bits per heavy atom. The lowest BCUT2D eigenvalue weighted by atomic mass is 9.93. The number of rotatable bonds is 2. The first kappa shape index (κ1) is 12.5. The summed E-state index contributed by atoms with van der Waals surface area (Å²) >= 11 is 3.41. The van der Waals surface area contributed by atoms with Crippen molar-refractivity contribution >= 4 is 21.7 Å². The second-order valence-corrected chi connectivity index (χ2v) is 5.04. The highest BCUT2D eigenvalue weighted by molar-refractivity contribution is 9.10. The number of carbonyl (C=O) groups is 1. The minimum absolute atomic E-state index is 0.365.